The Bertz CT molecular complexity index is 623. The third-order valence-corrected chi connectivity index (χ3v) is 5.38. The number of nitrogens with two attached hydrogens (primary N) is 1. The van der Waals surface area contributed by atoms with Crippen LogP contribution in [0.3, 0.4) is 0 Å². The molecule has 1 saturated carbocycles. The largest absolute Gasteiger partial charge is 0.366 e. The highest BCUT2D eigenvalue weighted by atomic mass is 32.1. The molecule has 0 amide bonds. The van der Waals surface area contributed by atoms with Crippen molar-refractivity contribution in [2.75, 3.05) is 10.7 Å². The lowest BCUT2D eigenvalue weighted by Crippen LogP contribution is -2.25. The Morgan fingerprint density at radius 1 is 1.30 bits per heavy atom. The molecule has 2 heterocycles. The van der Waals surface area contributed by atoms with E-state index in [1.165, 1.54) is 17.7 Å². The molecule has 0 aromatic carbocycles. The van der Waals surface area contributed by atoms with E-state index in [4.69, 9.17) is 5.84 Å². The van der Waals surface area contributed by atoms with E-state index in [9.17, 15) is 0 Å². The van der Waals surface area contributed by atoms with Gasteiger partial charge in [-0.05, 0) is 37.7 Å². The molecule has 0 spiro atoms. The molecule has 3 unspecified atom stereocenters. The van der Waals surface area contributed by atoms with Crippen molar-refractivity contribution in [1.29, 1.82) is 0 Å². The van der Waals surface area contributed by atoms with Crippen LogP contribution in [0.15, 0.2) is 6.07 Å². The number of fused-ring (bicyclic) bond motifs is 1. The molecular weight excluding hydrogens is 270 g/mol. The molecule has 0 bridgehead atoms. The Balaban J connectivity index is 1.97. The second kappa shape index (κ2) is 5.18. The number of anilines is 2. The van der Waals surface area contributed by atoms with Gasteiger partial charge in [0.15, 0.2) is 0 Å². The zero-order chi connectivity index (χ0) is 14.3. The molecule has 3 atom stereocenters. The van der Waals surface area contributed by atoms with E-state index in [0.29, 0.717) is 17.9 Å². The number of hydrogen-bond acceptors (Lipinski definition) is 6. The predicted octanol–water partition coefficient (Wildman–Crippen LogP) is 3.13. The average molecular weight is 291 g/mol. The first kappa shape index (κ1) is 13.6. The summed E-state index contributed by atoms with van der Waals surface area (Å²) in [5.41, 5.74) is 2.56. The summed E-state index contributed by atoms with van der Waals surface area (Å²) < 4.78 is 0. The highest BCUT2D eigenvalue weighted by Gasteiger charge is 2.30. The average Bonchev–Trinajstić information content (AvgIpc) is 2.95. The predicted molar refractivity (Wildman–Crippen MR) is 84.9 cm³/mol. The molecule has 1 fully saturated rings. The summed E-state index contributed by atoms with van der Waals surface area (Å²) in [5, 5.41) is 4.71. The number of nitrogens with zero attached hydrogens (tertiary/aromatic N) is 2. The van der Waals surface area contributed by atoms with Gasteiger partial charge in [0, 0.05) is 10.9 Å². The van der Waals surface area contributed by atoms with Crippen molar-refractivity contribution in [3.8, 4) is 0 Å². The van der Waals surface area contributed by atoms with Crippen molar-refractivity contribution in [3.05, 3.63) is 10.9 Å². The van der Waals surface area contributed by atoms with E-state index in [1.807, 2.05) is 0 Å². The van der Waals surface area contributed by atoms with Crippen molar-refractivity contribution >= 4 is 33.3 Å². The fourth-order valence-corrected chi connectivity index (χ4v) is 3.84. The van der Waals surface area contributed by atoms with Gasteiger partial charge in [-0.2, -0.15) is 4.98 Å². The summed E-state index contributed by atoms with van der Waals surface area (Å²) in [7, 11) is 0. The molecule has 3 rings (SSSR count). The summed E-state index contributed by atoms with van der Waals surface area (Å²) >= 11 is 1.67. The maximum Gasteiger partial charge on any atom is 0.240 e. The van der Waals surface area contributed by atoms with Gasteiger partial charge in [-0.1, -0.05) is 13.8 Å². The highest BCUT2D eigenvalue weighted by Crippen LogP contribution is 2.35. The normalized spacial score (nSPS) is 26.1. The first-order valence-corrected chi connectivity index (χ1v) is 7.91. The minimum absolute atomic E-state index is 0.473. The van der Waals surface area contributed by atoms with E-state index in [-0.39, 0.29) is 0 Å². The lowest BCUT2D eigenvalue weighted by molar-refractivity contribution is 0.435. The SMILES string of the molecule is Cc1cc2c(NC3CCC(C)C3C)nc(NN)nc2s1. The van der Waals surface area contributed by atoms with Crippen molar-refractivity contribution in [2.24, 2.45) is 17.7 Å². The van der Waals surface area contributed by atoms with Gasteiger partial charge in [0.05, 0.1) is 5.39 Å². The van der Waals surface area contributed by atoms with Crippen molar-refractivity contribution < 1.29 is 0 Å². The van der Waals surface area contributed by atoms with Gasteiger partial charge in [-0.25, -0.2) is 10.8 Å². The van der Waals surface area contributed by atoms with Crippen LogP contribution < -0.4 is 16.6 Å². The first-order valence-electron chi connectivity index (χ1n) is 7.10. The molecule has 1 aliphatic carbocycles. The van der Waals surface area contributed by atoms with Crippen molar-refractivity contribution in [3.63, 3.8) is 0 Å². The lowest BCUT2D eigenvalue weighted by atomic mass is 9.98. The van der Waals surface area contributed by atoms with E-state index in [0.717, 1.165) is 22.0 Å². The maximum atomic E-state index is 5.48. The quantitative estimate of drug-likeness (QED) is 0.598. The van der Waals surface area contributed by atoms with Crippen LogP contribution >= 0.6 is 11.3 Å². The van der Waals surface area contributed by atoms with E-state index >= 15 is 0 Å². The van der Waals surface area contributed by atoms with Crippen molar-refractivity contribution in [2.45, 2.75) is 39.7 Å². The monoisotopic (exact) mass is 291 g/mol. The van der Waals surface area contributed by atoms with Gasteiger partial charge in [0.1, 0.15) is 10.6 Å². The van der Waals surface area contributed by atoms with Crippen LogP contribution in [0.5, 0.6) is 0 Å². The first-order chi connectivity index (χ1) is 9.58. The van der Waals surface area contributed by atoms with Crippen molar-refractivity contribution in [1.82, 2.24) is 9.97 Å². The summed E-state index contributed by atoms with van der Waals surface area (Å²) in [6.45, 7) is 6.73. The van der Waals surface area contributed by atoms with Gasteiger partial charge >= 0.3 is 0 Å². The zero-order valence-electron chi connectivity index (χ0n) is 12.1. The zero-order valence-corrected chi connectivity index (χ0v) is 12.9. The molecule has 108 valence electrons. The van der Waals surface area contributed by atoms with E-state index in [1.54, 1.807) is 11.3 Å². The molecule has 0 radical (unpaired) electrons. The minimum atomic E-state index is 0.473. The van der Waals surface area contributed by atoms with Gasteiger partial charge < -0.3 is 5.32 Å². The Hall–Kier alpha value is -1.40. The second-order valence-electron chi connectivity index (χ2n) is 5.78. The molecule has 2 aromatic rings. The fourth-order valence-electron chi connectivity index (χ4n) is 2.96. The molecule has 6 heteroatoms. The topological polar surface area (TPSA) is 75.9 Å². The second-order valence-corrected chi connectivity index (χ2v) is 7.02. The van der Waals surface area contributed by atoms with Gasteiger partial charge in [0.25, 0.3) is 0 Å². The van der Waals surface area contributed by atoms with Crippen LogP contribution in [-0.2, 0) is 0 Å². The maximum absolute atomic E-state index is 5.48. The fraction of sp³-hybridized carbons (Fsp3) is 0.571. The third-order valence-electron chi connectivity index (χ3n) is 4.43. The Morgan fingerprint density at radius 2 is 2.10 bits per heavy atom. The van der Waals surface area contributed by atoms with Crippen LogP contribution in [0, 0.1) is 18.8 Å². The Morgan fingerprint density at radius 3 is 2.75 bits per heavy atom. The number of hydrazine groups is 1. The lowest BCUT2D eigenvalue weighted by Gasteiger charge is -2.20. The molecule has 1 aliphatic rings. The number of nitrogens with one attached hydrogen (secondary N) is 2. The van der Waals surface area contributed by atoms with Gasteiger partial charge in [-0.3, -0.25) is 5.43 Å². The summed E-state index contributed by atoms with van der Waals surface area (Å²) in [6.07, 6.45) is 2.47. The molecule has 20 heavy (non-hydrogen) atoms. The number of nitrogen functional groups attached to an aromatic ring is 1. The summed E-state index contributed by atoms with van der Waals surface area (Å²) in [5.74, 6) is 8.28. The summed E-state index contributed by atoms with van der Waals surface area (Å²) in [6, 6.07) is 2.63. The van der Waals surface area contributed by atoms with Crippen LogP contribution in [0.1, 0.15) is 31.6 Å². The summed E-state index contributed by atoms with van der Waals surface area (Å²) in [4.78, 5) is 11.1. The van der Waals surface area contributed by atoms with E-state index in [2.05, 4.69) is 47.5 Å². The number of thiophene rings is 1. The number of aryl methyl sites for hydroxylation is 1. The molecular formula is C14H21N5S. The Kier molecular flexibility index (Phi) is 3.52. The van der Waals surface area contributed by atoms with E-state index < -0.39 is 0 Å². The van der Waals surface area contributed by atoms with Crippen LogP contribution in [0.2, 0.25) is 0 Å². The standard InChI is InChI=1S/C14H21N5S/c1-7-4-5-11(9(7)3)16-12-10-6-8(2)20-13(10)18-14(17-12)19-15/h6-7,9,11H,4-5,15H2,1-3H3,(H2,16,17,18,19). The van der Waals surface area contributed by atoms with Gasteiger partial charge in [0.2, 0.25) is 5.95 Å². The Labute approximate surface area is 123 Å². The molecule has 0 aliphatic heterocycles. The third kappa shape index (κ3) is 2.33. The molecule has 0 saturated heterocycles. The van der Waals surface area contributed by atoms with Gasteiger partial charge in [-0.15, -0.1) is 11.3 Å². The number of aromatic nitrogens is 2. The molecule has 2 aromatic heterocycles. The van der Waals surface area contributed by atoms with Crippen LogP contribution in [0.4, 0.5) is 11.8 Å². The number of hydrogen-bond donors (Lipinski definition) is 3. The number of rotatable bonds is 3. The molecule has 5 nitrogen and oxygen atoms in total. The van der Waals surface area contributed by atoms with Crippen LogP contribution in [-0.4, -0.2) is 16.0 Å². The molecule has 4 N–H and O–H groups in total. The highest BCUT2D eigenvalue weighted by molar-refractivity contribution is 7.18. The van der Waals surface area contributed by atoms with Crippen LogP contribution in [0.25, 0.3) is 10.2 Å². The minimum Gasteiger partial charge on any atom is -0.366 e. The smallest absolute Gasteiger partial charge is 0.240 e.